The van der Waals surface area contributed by atoms with Crippen LogP contribution in [0.15, 0.2) is 66.9 Å². The third-order valence-electron chi connectivity index (χ3n) is 4.70. The topological polar surface area (TPSA) is 40.6 Å². The number of rotatable bonds is 4. The molecule has 0 spiro atoms. The summed E-state index contributed by atoms with van der Waals surface area (Å²) < 4.78 is 17.8. The number of nitrogens with zero attached hydrogens (tertiary/aromatic N) is 1. The Morgan fingerprint density at radius 3 is 2.68 bits per heavy atom. The van der Waals surface area contributed by atoms with Crippen molar-refractivity contribution in [2.45, 2.75) is 25.2 Å². The molecule has 0 saturated carbocycles. The van der Waals surface area contributed by atoms with Gasteiger partial charge in [0.1, 0.15) is 0 Å². The van der Waals surface area contributed by atoms with E-state index in [1.54, 1.807) is 13.3 Å². The van der Waals surface area contributed by atoms with E-state index in [0.717, 1.165) is 22.3 Å². The fraction of sp³-hybridized carbons (Fsp3) is 0.250. The van der Waals surface area contributed by atoms with Crippen LogP contribution in [0.25, 0.3) is 5.57 Å². The number of hydrogen-bond acceptors (Lipinski definition) is 4. The van der Waals surface area contributed by atoms with E-state index in [0.29, 0.717) is 0 Å². The highest BCUT2D eigenvalue weighted by Crippen LogP contribution is 2.29. The zero-order chi connectivity index (χ0) is 17.2. The predicted octanol–water partition coefficient (Wildman–Crippen LogP) is 2.92. The molecule has 1 fully saturated rings. The first-order valence-electron chi connectivity index (χ1n) is 8.50. The van der Waals surface area contributed by atoms with Crippen LogP contribution < -0.4 is 5.46 Å². The largest absolute Gasteiger partial charge is 0.495 e. The standard InChI is InChI=1S/C20H20BNO3/c1-14(23-2)16-7-3-4-8-17(16)21-24-19-11-10-15(13-20(19)25-21)18-9-5-6-12-22-18/h3-14,19-20H,1-2H3/t14-,19-,20+/m0/s1. The molecule has 0 unspecified atom stereocenters. The smallest absolute Gasteiger partial charge is 0.398 e. The molecule has 1 aliphatic heterocycles. The fourth-order valence-corrected chi connectivity index (χ4v) is 3.27. The van der Waals surface area contributed by atoms with Gasteiger partial charge in [-0.05, 0) is 41.7 Å². The first-order valence-corrected chi connectivity index (χ1v) is 8.50. The van der Waals surface area contributed by atoms with Gasteiger partial charge < -0.3 is 14.0 Å². The lowest BCUT2D eigenvalue weighted by molar-refractivity contribution is 0.120. The highest BCUT2D eigenvalue weighted by Gasteiger charge is 2.41. The zero-order valence-electron chi connectivity index (χ0n) is 14.3. The summed E-state index contributed by atoms with van der Waals surface area (Å²) in [5, 5.41) is 0. The summed E-state index contributed by atoms with van der Waals surface area (Å²) in [6.45, 7) is 2.03. The number of methoxy groups -OCH3 is 1. The summed E-state index contributed by atoms with van der Waals surface area (Å²) in [4.78, 5) is 4.41. The van der Waals surface area contributed by atoms with E-state index in [2.05, 4.69) is 29.3 Å². The Balaban J connectivity index is 1.59. The molecule has 2 heterocycles. The molecule has 0 N–H and O–H groups in total. The Bertz CT molecular complexity index is 806. The van der Waals surface area contributed by atoms with Gasteiger partial charge in [0.15, 0.2) is 0 Å². The third-order valence-corrected chi connectivity index (χ3v) is 4.70. The lowest BCUT2D eigenvalue weighted by Crippen LogP contribution is -2.36. The number of allylic oxidation sites excluding steroid dienone is 2. The molecule has 1 aliphatic carbocycles. The van der Waals surface area contributed by atoms with E-state index < -0.39 is 7.12 Å². The lowest BCUT2D eigenvalue weighted by Gasteiger charge is -2.17. The molecule has 25 heavy (non-hydrogen) atoms. The number of pyridine rings is 1. The summed E-state index contributed by atoms with van der Waals surface area (Å²) in [6, 6.07) is 14.0. The van der Waals surface area contributed by atoms with Crippen LogP contribution in [0.2, 0.25) is 0 Å². The van der Waals surface area contributed by atoms with E-state index in [4.69, 9.17) is 14.0 Å². The summed E-state index contributed by atoms with van der Waals surface area (Å²) in [5.41, 5.74) is 4.11. The first-order chi connectivity index (χ1) is 12.3. The summed E-state index contributed by atoms with van der Waals surface area (Å²) in [7, 11) is 1.31. The summed E-state index contributed by atoms with van der Waals surface area (Å²) >= 11 is 0. The molecule has 1 saturated heterocycles. The Morgan fingerprint density at radius 2 is 1.88 bits per heavy atom. The van der Waals surface area contributed by atoms with Gasteiger partial charge in [-0.25, -0.2) is 0 Å². The van der Waals surface area contributed by atoms with Crippen LogP contribution in [-0.2, 0) is 14.0 Å². The van der Waals surface area contributed by atoms with E-state index in [1.807, 2.05) is 43.3 Å². The number of ether oxygens (including phenoxy) is 1. The van der Waals surface area contributed by atoms with Crippen LogP contribution in [0.4, 0.5) is 0 Å². The van der Waals surface area contributed by atoms with Crippen molar-refractivity contribution in [1.29, 1.82) is 0 Å². The highest BCUT2D eigenvalue weighted by atomic mass is 16.7. The Labute approximate surface area is 148 Å². The molecule has 1 aromatic carbocycles. The van der Waals surface area contributed by atoms with Crippen molar-refractivity contribution in [1.82, 2.24) is 4.98 Å². The van der Waals surface area contributed by atoms with Gasteiger partial charge in [0, 0.05) is 13.3 Å². The number of fused-ring (bicyclic) bond motifs is 1. The van der Waals surface area contributed by atoms with Crippen molar-refractivity contribution in [3.63, 3.8) is 0 Å². The Morgan fingerprint density at radius 1 is 1.08 bits per heavy atom. The van der Waals surface area contributed by atoms with Gasteiger partial charge in [-0.2, -0.15) is 0 Å². The average molecular weight is 333 g/mol. The quantitative estimate of drug-likeness (QED) is 0.807. The van der Waals surface area contributed by atoms with Gasteiger partial charge >= 0.3 is 7.12 Å². The minimum absolute atomic E-state index is 0.0128. The second-order valence-electron chi connectivity index (χ2n) is 6.24. The normalized spacial score (nSPS) is 23.3. The van der Waals surface area contributed by atoms with E-state index in [1.165, 1.54) is 0 Å². The average Bonchev–Trinajstić information content (AvgIpc) is 3.11. The van der Waals surface area contributed by atoms with Crippen LogP contribution >= 0.6 is 0 Å². The van der Waals surface area contributed by atoms with Crippen LogP contribution in [0.1, 0.15) is 24.3 Å². The van der Waals surface area contributed by atoms with Crippen molar-refractivity contribution in [3.8, 4) is 0 Å². The van der Waals surface area contributed by atoms with Gasteiger partial charge in [-0.3, -0.25) is 4.98 Å². The van der Waals surface area contributed by atoms with E-state index in [-0.39, 0.29) is 18.3 Å². The fourth-order valence-electron chi connectivity index (χ4n) is 3.27. The molecule has 2 aromatic rings. The Kier molecular flexibility index (Phi) is 4.53. The maximum atomic E-state index is 6.21. The van der Waals surface area contributed by atoms with Crippen molar-refractivity contribution in [3.05, 3.63) is 78.1 Å². The molecular weight excluding hydrogens is 313 g/mol. The molecule has 4 rings (SSSR count). The van der Waals surface area contributed by atoms with Gasteiger partial charge in [-0.15, -0.1) is 0 Å². The third kappa shape index (κ3) is 3.18. The number of benzene rings is 1. The van der Waals surface area contributed by atoms with Crippen molar-refractivity contribution in [2.75, 3.05) is 7.11 Å². The minimum atomic E-state index is -0.396. The summed E-state index contributed by atoms with van der Waals surface area (Å²) in [6.07, 6.45) is 7.79. The van der Waals surface area contributed by atoms with Crippen LogP contribution in [0.5, 0.6) is 0 Å². The van der Waals surface area contributed by atoms with Gasteiger partial charge in [0.2, 0.25) is 0 Å². The van der Waals surface area contributed by atoms with Gasteiger partial charge in [-0.1, -0.05) is 42.5 Å². The Hall–Kier alpha value is -2.21. The summed E-state index contributed by atoms with van der Waals surface area (Å²) in [5.74, 6) is 0. The van der Waals surface area contributed by atoms with Crippen LogP contribution in [0.3, 0.4) is 0 Å². The monoisotopic (exact) mass is 333 g/mol. The molecular formula is C20H20BNO3. The molecule has 5 heteroatoms. The second kappa shape index (κ2) is 6.96. The van der Waals surface area contributed by atoms with E-state index in [9.17, 15) is 0 Å². The van der Waals surface area contributed by atoms with Crippen molar-refractivity contribution < 1.29 is 14.0 Å². The minimum Gasteiger partial charge on any atom is -0.398 e. The first kappa shape index (κ1) is 16.3. The predicted molar refractivity (Wildman–Crippen MR) is 98.4 cm³/mol. The lowest BCUT2D eigenvalue weighted by atomic mass is 9.75. The molecule has 4 nitrogen and oxygen atoms in total. The second-order valence-corrected chi connectivity index (χ2v) is 6.24. The molecule has 3 atom stereocenters. The maximum absolute atomic E-state index is 6.21. The molecule has 0 amide bonds. The molecule has 126 valence electrons. The number of aromatic nitrogens is 1. The van der Waals surface area contributed by atoms with Crippen LogP contribution in [0, 0.1) is 0 Å². The molecule has 0 bridgehead atoms. The zero-order valence-corrected chi connectivity index (χ0v) is 14.3. The molecule has 2 aliphatic rings. The van der Waals surface area contributed by atoms with E-state index >= 15 is 0 Å². The molecule has 0 radical (unpaired) electrons. The van der Waals surface area contributed by atoms with Crippen LogP contribution in [-0.4, -0.2) is 31.4 Å². The highest BCUT2D eigenvalue weighted by molar-refractivity contribution is 6.62. The maximum Gasteiger partial charge on any atom is 0.495 e. The van der Waals surface area contributed by atoms with Gasteiger partial charge in [0.25, 0.3) is 0 Å². The molecule has 1 aromatic heterocycles. The number of hydrogen-bond donors (Lipinski definition) is 0. The SMILES string of the molecule is CO[C@@H](C)c1ccccc1B1O[C@H]2C=CC(c3ccccn3)=C[C@H]2O1. The van der Waals surface area contributed by atoms with Crippen molar-refractivity contribution in [2.24, 2.45) is 0 Å². The van der Waals surface area contributed by atoms with Crippen molar-refractivity contribution >= 4 is 18.2 Å². The van der Waals surface area contributed by atoms with Gasteiger partial charge in [0.05, 0.1) is 24.0 Å².